The summed E-state index contributed by atoms with van der Waals surface area (Å²) in [6.07, 6.45) is 2.13. The molecule has 116 valence electrons. The number of hydrogen-bond donors (Lipinski definition) is 2. The molecule has 1 aromatic heterocycles. The molecule has 0 atom stereocenters. The van der Waals surface area contributed by atoms with Gasteiger partial charge in [-0.05, 0) is 24.6 Å². The van der Waals surface area contributed by atoms with Gasteiger partial charge in [-0.2, -0.15) is 0 Å². The van der Waals surface area contributed by atoms with Crippen LogP contribution in [0.1, 0.15) is 16.9 Å². The van der Waals surface area contributed by atoms with Gasteiger partial charge in [-0.15, -0.1) is 0 Å². The van der Waals surface area contributed by atoms with Crippen LogP contribution in [0.3, 0.4) is 0 Å². The van der Waals surface area contributed by atoms with E-state index in [2.05, 4.69) is 36.5 Å². The lowest BCUT2D eigenvalue weighted by atomic mass is 10.3. The molecule has 0 saturated heterocycles. The van der Waals surface area contributed by atoms with Crippen LogP contribution in [0.5, 0.6) is 0 Å². The molecule has 0 fully saturated rings. The normalized spacial score (nSPS) is 10.3. The van der Waals surface area contributed by atoms with E-state index < -0.39 is 0 Å². The van der Waals surface area contributed by atoms with E-state index in [1.54, 1.807) is 13.2 Å². The highest BCUT2D eigenvalue weighted by Gasteiger charge is 2.08. The highest BCUT2D eigenvalue weighted by Crippen LogP contribution is 2.19. The molecular formula is C15H17BrN4O2. The first kappa shape index (κ1) is 16.4. The Hall–Kier alpha value is -1.99. The highest BCUT2D eigenvalue weighted by molar-refractivity contribution is 9.10. The summed E-state index contributed by atoms with van der Waals surface area (Å²) in [5.41, 5.74) is 1.20. The predicted octanol–water partition coefficient (Wildman–Crippen LogP) is 2.75. The minimum atomic E-state index is -0.226. The third-order valence-corrected chi connectivity index (χ3v) is 3.30. The molecule has 0 aliphatic heterocycles. The number of amides is 1. The van der Waals surface area contributed by atoms with Gasteiger partial charge in [0, 0.05) is 36.5 Å². The topological polar surface area (TPSA) is 76.1 Å². The Morgan fingerprint density at radius 2 is 2.18 bits per heavy atom. The number of nitrogens with zero attached hydrogens (tertiary/aromatic N) is 2. The Labute approximate surface area is 137 Å². The molecule has 7 heteroatoms. The number of nitrogens with one attached hydrogen (secondary N) is 2. The van der Waals surface area contributed by atoms with Gasteiger partial charge in [0.25, 0.3) is 5.91 Å². The van der Waals surface area contributed by atoms with Crippen LogP contribution in [0.2, 0.25) is 0 Å². The number of carbonyl (C=O) groups is 1. The summed E-state index contributed by atoms with van der Waals surface area (Å²) in [6, 6.07) is 9.30. The Bertz CT molecular complexity index is 636. The van der Waals surface area contributed by atoms with E-state index in [4.69, 9.17) is 4.74 Å². The molecule has 0 unspecified atom stereocenters. The molecule has 0 saturated carbocycles. The second-order valence-electron chi connectivity index (χ2n) is 4.53. The van der Waals surface area contributed by atoms with E-state index in [0.29, 0.717) is 24.7 Å². The molecular weight excluding hydrogens is 348 g/mol. The second-order valence-corrected chi connectivity index (χ2v) is 5.44. The lowest BCUT2D eigenvalue weighted by molar-refractivity contribution is 0.0943. The van der Waals surface area contributed by atoms with E-state index >= 15 is 0 Å². The maximum atomic E-state index is 12.0. The molecule has 1 aromatic carbocycles. The molecule has 0 radical (unpaired) electrons. The summed E-state index contributed by atoms with van der Waals surface area (Å²) in [5.74, 6) is 0.339. The molecule has 0 aliphatic carbocycles. The van der Waals surface area contributed by atoms with Gasteiger partial charge in [-0.25, -0.2) is 9.97 Å². The summed E-state index contributed by atoms with van der Waals surface area (Å²) < 4.78 is 5.89. The van der Waals surface area contributed by atoms with E-state index in [9.17, 15) is 4.79 Å². The molecule has 22 heavy (non-hydrogen) atoms. The molecule has 1 amide bonds. The number of carbonyl (C=O) groups excluding carboxylic acids is 1. The number of methoxy groups -OCH3 is 1. The van der Waals surface area contributed by atoms with Crippen LogP contribution in [0, 0.1) is 0 Å². The summed E-state index contributed by atoms with van der Waals surface area (Å²) in [6.45, 7) is 1.16. The molecule has 2 rings (SSSR count). The lowest BCUT2D eigenvalue weighted by Gasteiger charge is -2.08. The van der Waals surface area contributed by atoms with Gasteiger partial charge in [-0.3, -0.25) is 4.79 Å². The fraction of sp³-hybridized carbons (Fsp3) is 0.267. The van der Waals surface area contributed by atoms with Crippen molar-refractivity contribution >= 4 is 33.3 Å². The van der Waals surface area contributed by atoms with E-state index in [1.807, 2.05) is 24.3 Å². The first-order chi connectivity index (χ1) is 10.7. The zero-order valence-electron chi connectivity index (χ0n) is 12.2. The number of halogens is 1. The van der Waals surface area contributed by atoms with Gasteiger partial charge in [0.15, 0.2) is 0 Å². The fourth-order valence-corrected chi connectivity index (χ4v) is 2.17. The second kappa shape index (κ2) is 8.45. The quantitative estimate of drug-likeness (QED) is 0.738. The maximum Gasteiger partial charge on any atom is 0.270 e. The van der Waals surface area contributed by atoms with E-state index in [-0.39, 0.29) is 5.91 Å². The number of ether oxygens (including phenoxy) is 1. The molecule has 0 bridgehead atoms. The SMILES string of the molecule is COCCCNC(=O)c1cc(Nc2cccc(Br)c2)ncn1. The largest absolute Gasteiger partial charge is 0.385 e. The Balaban J connectivity index is 1.98. The average molecular weight is 365 g/mol. The Kier molecular flexibility index (Phi) is 6.29. The lowest BCUT2D eigenvalue weighted by Crippen LogP contribution is -2.26. The first-order valence-corrected chi connectivity index (χ1v) is 7.60. The number of anilines is 2. The minimum Gasteiger partial charge on any atom is -0.385 e. The third kappa shape index (κ3) is 5.09. The van der Waals surface area contributed by atoms with Crippen LogP contribution in [0.15, 0.2) is 41.1 Å². The summed E-state index contributed by atoms with van der Waals surface area (Å²) in [5, 5.41) is 5.92. The molecule has 2 aromatic rings. The van der Waals surface area contributed by atoms with Crippen molar-refractivity contribution in [2.24, 2.45) is 0 Å². The number of rotatable bonds is 7. The molecule has 0 spiro atoms. The Morgan fingerprint density at radius 1 is 1.32 bits per heavy atom. The van der Waals surface area contributed by atoms with Crippen molar-refractivity contribution in [2.45, 2.75) is 6.42 Å². The van der Waals surface area contributed by atoms with Crippen molar-refractivity contribution in [1.29, 1.82) is 0 Å². The number of aromatic nitrogens is 2. The third-order valence-electron chi connectivity index (χ3n) is 2.81. The van der Waals surface area contributed by atoms with Crippen molar-refractivity contribution in [3.63, 3.8) is 0 Å². The fourth-order valence-electron chi connectivity index (χ4n) is 1.77. The Morgan fingerprint density at radius 3 is 2.95 bits per heavy atom. The van der Waals surface area contributed by atoms with Crippen molar-refractivity contribution in [1.82, 2.24) is 15.3 Å². The average Bonchev–Trinajstić information content (AvgIpc) is 2.52. The molecule has 2 N–H and O–H groups in total. The van der Waals surface area contributed by atoms with Crippen molar-refractivity contribution in [2.75, 3.05) is 25.6 Å². The van der Waals surface area contributed by atoms with Gasteiger partial charge in [0.2, 0.25) is 0 Å². The van der Waals surface area contributed by atoms with Gasteiger partial charge < -0.3 is 15.4 Å². The molecule has 0 aliphatic rings. The van der Waals surface area contributed by atoms with Crippen LogP contribution in [-0.2, 0) is 4.74 Å². The van der Waals surface area contributed by atoms with Crippen molar-refractivity contribution in [3.8, 4) is 0 Å². The monoisotopic (exact) mass is 364 g/mol. The minimum absolute atomic E-state index is 0.226. The smallest absolute Gasteiger partial charge is 0.270 e. The zero-order valence-corrected chi connectivity index (χ0v) is 13.8. The molecule has 1 heterocycles. The van der Waals surface area contributed by atoms with Crippen molar-refractivity contribution in [3.05, 3.63) is 46.8 Å². The van der Waals surface area contributed by atoms with Gasteiger partial charge in [0.1, 0.15) is 17.8 Å². The van der Waals surface area contributed by atoms with Crippen LogP contribution >= 0.6 is 15.9 Å². The van der Waals surface area contributed by atoms with Gasteiger partial charge >= 0.3 is 0 Å². The summed E-state index contributed by atoms with van der Waals surface area (Å²) in [7, 11) is 1.63. The predicted molar refractivity (Wildman–Crippen MR) is 88.3 cm³/mol. The van der Waals surface area contributed by atoms with E-state index in [0.717, 1.165) is 16.6 Å². The van der Waals surface area contributed by atoms with Gasteiger partial charge in [-0.1, -0.05) is 22.0 Å². The molecule has 6 nitrogen and oxygen atoms in total. The summed E-state index contributed by atoms with van der Waals surface area (Å²) >= 11 is 3.41. The zero-order chi connectivity index (χ0) is 15.8. The van der Waals surface area contributed by atoms with Crippen LogP contribution in [-0.4, -0.2) is 36.1 Å². The standard InChI is InChI=1S/C15H17BrN4O2/c1-22-7-3-6-17-15(21)13-9-14(19-10-18-13)20-12-5-2-4-11(16)8-12/h2,4-5,8-10H,3,6-7H2,1H3,(H,17,21)(H,18,19,20). The van der Waals surface area contributed by atoms with Crippen LogP contribution < -0.4 is 10.6 Å². The maximum absolute atomic E-state index is 12.0. The van der Waals surface area contributed by atoms with Crippen LogP contribution in [0.4, 0.5) is 11.5 Å². The highest BCUT2D eigenvalue weighted by atomic mass is 79.9. The first-order valence-electron chi connectivity index (χ1n) is 6.81. The number of hydrogen-bond acceptors (Lipinski definition) is 5. The number of benzene rings is 1. The van der Waals surface area contributed by atoms with E-state index in [1.165, 1.54) is 6.33 Å². The van der Waals surface area contributed by atoms with Gasteiger partial charge in [0.05, 0.1) is 0 Å². The van der Waals surface area contributed by atoms with Crippen LogP contribution in [0.25, 0.3) is 0 Å². The summed E-state index contributed by atoms with van der Waals surface area (Å²) in [4.78, 5) is 20.1. The van der Waals surface area contributed by atoms with Crippen molar-refractivity contribution < 1.29 is 9.53 Å².